The fourth-order valence-electron chi connectivity index (χ4n) is 1.27. The van der Waals surface area contributed by atoms with Crippen molar-refractivity contribution in [2.24, 2.45) is 0 Å². The van der Waals surface area contributed by atoms with Crippen molar-refractivity contribution in [3.63, 3.8) is 0 Å². The molecule has 0 saturated heterocycles. The average Bonchev–Trinajstić information content (AvgIpc) is 2.12. The van der Waals surface area contributed by atoms with E-state index >= 15 is 0 Å². The summed E-state index contributed by atoms with van der Waals surface area (Å²) in [5.74, 6) is 0. The molecule has 2 rings (SSSR count). The number of hydrogen-bond donors (Lipinski definition) is 0. The standard InChI is InChI=1S/C10H5BrCl2/c11-10-8(13)5-4-6-2-1-3-7(12)9(6)10/h1-5H. The summed E-state index contributed by atoms with van der Waals surface area (Å²) in [5.41, 5.74) is 0. The predicted octanol–water partition coefficient (Wildman–Crippen LogP) is 4.91. The molecule has 0 atom stereocenters. The SMILES string of the molecule is Clc1ccc2cccc(Cl)c2c1Br. The molecule has 2 aromatic rings. The van der Waals surface area contributed by atoms with E-state index < -0.39 is 0 Å². The molecule has 0 unspecified atom stereocenters. The maximum Gasteiger partial charge on any atom is 0.0555 e. The lowest BCUT2D eigenvalue weighted by molar-refractivity contribution is 1.70. The van der Waals surface area contributed by atoms with Gasteiger partial charge in [0.2, 0.25) is 0 Å². The minimum absolute atomic E-state index is 0.681. The summed E-state index contributed by atoms with van der Waals surface area (Å²) in [6.45, 7) is 0. The molecule has 2 aromatic carbocycles. The van der Waals surface area contributed by atoms with Crippen LogP contribution in [0.15, 0.2) is 34.8 Å². The molecule has 3 heteroatoms. The van der Waals surface area contributed by atoms with Crippen LogP contribution in [0.25, 0.3) is 10.8 Å². The van der Waals surface area contributed by atoms with Gasteiger partial charge in [-0.25, -0.2) is 0 Å². The number of halogens is 3. The molecule has 0 fully saturated rings. The van der Waals surface area contributed by atoms with Crippen molar-refractivity contribution >= 4 is 49.9 Å². The third-order valence-corrected chi connectivity index (χ3v) is 3.57. The minimum atomic E-state index is 0.681. The Morgan fingerprint density at radius 1 is 0.923 bits per heavy atom. The first-order chi connectivity index (χ1) is 6.20. The highest BCUT2D eigenvalue weighted by Crippen LogP contribution is 2.35. The van der Waals surface area contributed by atoms with Crippen molar-refractivity contribution in [3.05, 3.63) is 44.8 Å². The first kappa shape index (κ1) is 9.32. The predicted molar refractivity (Wildman–Crippen MR) is 61.7 cm³/mol. The number of rotatable bonds is 0. The molecule has 0 N–H and O–H groups in total. The summed E-state index contributed by atoms with van der Waals surface area (Å²) < 4.78 is 0.859. The topological polar surface area (TPSA) is 0 Å². The van der Waals surface area contributed by atoms with Crippen molar-refractivity contribution in [1.29, 1.82) is 0 Å². The highest BCUT2D eigenvalue weighted by Gasteiger charge is 2.05. The van der Waals surface area contributed by atoms with Gasteiger partial charge in [0.15, 0.2) is 0 Å². The molecule has 0 heterocycles. The van der Waals surface area contributed by atoms with Crippen LogP contribution in [0.1, 0.15) is 0 Å². The summed E-state index contributed by atoms with van der Waals surface area (Å²) in [6.07, 6.45) is 0. The largest absolute Gasteiger partial charge is 0.0836 e. The summed E-state index contributed by atoms with van der Waals surface area (Å²) >= 11 is 15.4. The molecular weight excluding hydrogens is 271 g/mol. The van der Waals surface area contributed by atoms with Crippen LogP contribution in [0.5, 0.6) is 0 Å². The maximum atomic E-state index is 6.05. The van der Waals surface area contributed by atoms with Gasteiger partial charge in [0.05, 0.1) is 5.02 Å². The Kier molecular flexibility index (Phi) is 2.50. The normalized spacial score (nSPS) is 10.7. The van der Waals surface area contributed by atoms with E-state index in [1.807, 2.05) is 30.3 Å². The molecule has 0 spiro atoms. The smallest absolute Gasteiger partial charge is 0.0555 e. The van der Waals surface area contributed by atoms with Gasteiger partial charge in [-0.3, -0.25) is 0 Å². The van der Waals surface area contributed by atoms with Gasteiger partial charge >= 0.3 is 0 Å². The molecule has 0 nitrogen and oxygen atoms in total. The molecule has 0 aromatic heterocycles. The molecule has 0 aliphatic carbocycles. The van der Waals surface area contributed by atoms with Gasteiger partial charge in [-0.1, -0.05) is 41.4 Å². The van der Waals surface area contributed by atoms with Crippen molar-refractivity contribution in [3.8, 4) is 0 Å². The lowest BCUT2D eigenvalue weighted by Crippen LogP contribution is -1.77. The summed E-state index contributed by atoms with van der Waals surface area (Å²) in [6, 6.07) is 9.58. The molecule has 0 radical (unpaired) electrons. The first-order valence-electron chi connectivity index (χ1n) is 3.72. The Morgan fingerprint density at radius 3 is 2.46 bits per heavy atom. The van der Waals surface area contributed by atoms with Crippen LogP contribution < -0.4 is 0 Å². The average molecular weight is 276 g/mol. The first-order valence-corrected chi connectivity index (χ1v) is 5.27. The number of fused-ring (bicyclic) bond motifs is 1. The zero-order valence-corrected chi connectivity index (χ0v) is 9.62. The highest BCUT2D eigenvalue weighted by molar-refractivity contribution is 9.10. The fourth-order valence-corrected chi connectivity index (χ4v) is 2.39. The summed E-state index contributed by atoms with van der Waals surface area (Å²) in [4.78, 5) is 0. The van der Waals surface area contributed by atoms with Gasteiger partial charge < -0.3 is 0 Å². The minimum Gasteiger partial charge on any atom is -0.0836 e. The van der Waals surface area contributed by atoms with Gasteiger partial charge in [0.25, 0.3) is 0 Å². The van der Waals surface area contributed by atoms with Crippen molar-refractivity contribution < 1.29 is 0 Å². The third-order valence-electron chi connectivity index (χ3n) is 1.88. The van der Waals surface area contributed by atoms with E-state index in [0.717, 1.165) is 15.2 Å². The van der Waals surface area contributed by atoms with Gasteiger partial charge in [0.1, 0.15) is 0 Å². The third kappa shape index (κ3) is 1.56. The maximum absolute atomic E-state index is 6.05. The van der Waals surface area contributed by atoms with E-state index in [9.17, 15) is 0 Å². The monoisotopic (exact) mass is 274 g/mol. The Morgan fingerprint density at radius 2 is 1.69 bits per heavy atom. The van der Waals surface area contributed by atoms with Gasteiger partial charge in [-0.2, -0.15) is 0 Å². The number of hydrogen-bond acceptors (Lipinski definition) is 0. The van der Waals surface area contributed by atoms with E-state index in [0.29, 0.717) is 10.0 Å². The quantitative estimate of drug-likeness (QED) is 0.641. The van der Waals surface area contributed by atoms with E-state index in [1.54, 1.807) is 0 Å². The Hall–Kier alpha value is -0.240. The van der Waals surface area contributed by atoms with Crippen LogP contribution in [-0.2, 0) is 0 Å². The molecule has 0 amide bonds. The van der Waals surface area contributed by atoms with Crippen LogP contribution in [0.3, 0.4) is 0 Å². The van der Waals surface area contributed by atoms with Crippen LogP contribution in [0.4, 0.5) is 0 Å². The van der Waals surface area contributed by atoms with Crippen LogP contribution >= 0.6 is 39.1 Å². The van der Waals surface area contributed by atoms with Gasteiger partial charge in [0, 0.05) is 14.9 Å². The Labute approximate surface area is 94.6 Å². The second-order valence-electron chi connectivity index (χ2n) is 2.70. The van der Waals surface area contributed by atoms with Crippen molar-refractivity contribution in [2.45, 2.75) is 0 Å². The van der Waals surface area contributed by atoms with E-state index in [2.05, 4.69) is 15.9 Å². The second kappa shape index (κ2) is 3.49. The molecule has 0 bridgehead atoms. The van der Waals surface area contributed by atoms with E-state index in [-0.39, 0.29) is 0 Å². The van der Waals surface area contributed by atoms with Crippen LogP contribution in [-0.4, -0.2) is 0 Å². The zero-order valence-electron chi connectivity index (χ0n) is 6.52. The number of benzene rings is 2. The molecule has 0 saturated carbocycles. The molecule has 0 aliphatic rings. The van der Waals surface area contributed by atoms with Gasteiger partial charge in [-0.05, 0) is 33.4 Å². The molecule has 13 heavy (non-hydrogen) atoms. The van der Waals surface area contributed by atoms with E-state index in [1.165, 1.54) is 0 Å². The summed E-state index contributed by atoms with van der Waals surface area (Å²) in [7, 11) is 0. The Balaban J connectivity index is 2.97. The molecule has 66 valence electrons. The fraction of sp³-hybridized carbons (Fsp3) is 0. The van der Waals surface area contributed by atoms with Gasteiger partial charge in [-0.15, -0.1) is 0 Å². The Bertz CT molecular complexity index is 466. The molecule has 0 aliphatic heterocycles. The van der Waals surface area contributed by atoms with Crippen LogP contribution in [0, 0.1) is 0 Å². The second-order valence-corrected chi connectivity index (χ2v) is 4.31. The summed E-state index contributed by atoms with van der Waals surface area (Å²) in [5, 5.41) is 3.45. The lowest BCUT2D eigenvalue weighted by atomic mass is 10.1. The zero-order chi connectivity index (χ0) is 9.42. The van der Waals surface area contributed by atoms with Crippen molar-refractivity contribution in [1.82, 2.24) is 0 Å². The van der Waals surface area contributed by atoms with E-state index in [4.69, 9.17) is 23.2 Å². The molecular formula is C10H5BrCl2. The van der Waals surface area contributed by atoms with Crippen LogP contribution in [0.2, 0.25) is 10.0 Å². The lowest BCUT2D eigenvalue weighted by Gasteiger charge is -2.04. The highest BCUT2D eigenvalue weighted by atomic mass is 79.9. The van der Waals surface area contributed by atoms with Crippen molar-refractivity contribution in [2.75, 3.05) is 0 Å².